The van der Waals surface area contributed by atoms with E-state index in [0.29, 0.717) is 34.1 Å². The van der Waals surface area contributed by atoms with Crippen molar-refractivity contribution < 1.29 is 14.7 Å². The van der Waals surface area contributed by atoms with Crippen LogP contribution in [0.25, 0.3) is 5.76 Å². The van der Waals surface area contributed by atoms with Crippen molar-refractivity contribution in [3.8, 4) is 0 Å². The van der Waals surface area contributed by atoms with Gasteiger partial charge >= 0.3 is 0 Å². The van der Waals surface area contributed by atoms with Gasteiger partial charge < -0.3 is 10.0 Å². The molecule has 1 unspecified atom stereocenters. The highest BCUT2D eigenvalue weighted by Gasteiger charge is 2.45. The third kappa shape index (κ3) is 3.60. The second kappa shape index (κ2) is 7.75. The maximum atomic E-state index is 12.7. The number of aryl methyl sites for hydroxylation is 1. The van der Waals surface area contributed by atoms with Gasteiger partial charge in [-0.2, -0.15) is 0 Å². The van der Waals surface area contributed by atoms with Gasteiger partial charge in [0, 0.05) is 12.1 Å². The van der Waals surface area contributed by atoms with E-state index >= 15 is 0 Å². The molecule has 1 heterocycles. The van der Waals surface area contributed by atoms with Crippen LogP contribution >= 0.6 is 23.2 Å². The molecule has 1 aliphatic rings. The number of carbonyl (C=O) groups excluding carboxylic acids is 2. The van der Waals surface area contributed by atoms with Gasteiger partial charge in [0.05, 0.1) is 21.7 Å². The van der Waals surface area contributed by atoms with E-state index in [2.05, 4.69) is 0 Å². The first-order chi connectivity index (χ1) is 12.8. The number of carbonyl (C=O) groups is 2. The molecule has 1 saturated heterocycles. The van der Waals surface area contributed by atoms with Gasteiger partial charge in [0.15, 0.2) is 0 Å². The van der Waals surface area contributed by atoms with Crippen molar-refractivity contribution in [2.24, 2.45) is 0 Å². The molecule has 2 aromatic carbocycles. The fourth-order valence-electron chi connectivity index (χ4n) is 3.25. The molecule has 1 atom stereocenters. The normalized spacial score (nSPS) is 19.0. The lowest BCUT2D eigenvalue weighted by Gasteiger charge is -2.25. The summed E-state index contributed by atoms with van der Waals surface area (Å²) in [5, 5.41) is 11.6. The maximum absolute atomic E-state index is 12.7. The molecule has 1 aliphatic heterocycles. The summed E-state index contributed by atoms with van der Waals surface area (Å²) in [6.07, 6.45) is 0.676. The topological polar surface area (TPSA) is 57.6 Å². The summed E-state index contributed by atoms with van der Waals surface area (Å²) in [6, 6.07) is 11.4. The standard InChI is InChI=1S/C21H19Cl2NO3/c1-3-10-24-18(14-8-9-15(22)16(23)11-14)17(20(26)21(24)27)19(25)13-6-4-12(2)5-7-13/h4-9,11,18,25H,3,10H2,1-2H3/b19-17-. The minimum absolute atomic E-state index is 0.0655. The van der Waals surface area contributed by atoms with Crippen LogP contribution < -0.4 is 0 Å². The Kier molecular flexibility index (Phi) is 5.59. The molecule has 4 nitrogen and oxygen atoms in total. The molecule has 0 radical (unpaired) electrons. The Bertz CT molecular complexity index is 935. The minimum atomic E-state index is -0.707. The lowest BCUT2D eigenvalue weighted by molar-refractivity contribution is -0.139. The first-order valence-corrected chi connectivity index (χ1v) is 9.41. The van der Waals surface area contributed by atoms with Crippen LogP contribution in [-0.4, -0.2) is 28.2 Å². The fraction of sp³-hybridized carbons (Fsp3) is 0.238. The maximum Gasteiger partial charge on any atom is 0.295 e. The highest BCUT2D eigenvalue weighted by atomic mass is 35.5. The summed E-state index contributed by atoms with van der Waals surface area (Å²) in [5.41, 5.74) is 2.21. The van der Waals surface area contributed by atoms with Crippen LogP contribution in [0.15, 0.2) is 48.0 Å². The molecule has 0 spiro atoms. The Hall–Kier alpha value is -2.30. The van der Waals surface area contributed by atoms with Gasteiger partial charge in [-0.3, -0.25) is 9.59 Å². The third-order valence-corrected chi connectivity index (χ3v) is 5.33. The molecule has 2 aromatic rings. The monoisotopic (exact) mass is 403 g/mol. The van der Waals surface area contributed by atoms with Crippen LogP contribution in [0.2, 0.25) is 10.0 Å². The van der Waals surface area contributed by atoms with Crippen LogP contribution in [0.3, 0.4) is 0 Å². The largest absolute Gasteiger partial charge is 0.507 e. The van der Waals surface area contributed by atoms with E-state index in [0.717, 1.165) is 5.56 Å². The number of halogens is 2. The summed E-state index contributed by atoms with van der Waals surface area (Å²) in [5.74, 6) is -1.51. The predicted octanol–water partition coefficient (Wildman–Crippen LogP) is 5.13. The van der Waals surface area contributed by atoms with E-state index in [1.807, 2.05) is 26.0 Å². The molecule has 3 rings (SSSR count). The Morgan fingerprint density at radius 1 is 1.07 bits per heavy atom. The van der Waals surface area contributed by atoms with Crippen molar-refractivity contribution in [2.75, 3.05) is 6.54 Å². The molecule has 1 amide bonds. The lowest BCUT2D eigenvalue weighted by atomic mass is 9.95. The number of hydrogen-bond donors (Lipinski definition) is 1. The Labute approximate surface area is 168 Å². The van der Waals surface area contributed by atoms with Crippen molar-refractivity contribution in [3.05, 3.63) is 74.8 Å². The average Bonchev–Trinajstić information content (AvgIpc) is 2.89. The summed E-state index contributed by atoms with van der Waals surface area (Å²) >= 11 is 12.2. The van der Waals surface area contributed by atoms with E-state index in [-0.39, 0.29) is 11.3 Å². The number of ketones is 1. The number of benzene rings is 2. The first kappa shape index (κ1) is 19.5. The molecule has 0 aliphatic carbocycles. The highest BCUT2D eigenvalue weighted by molar-refractivity contribution is 6.46. The van der Waals surface area contributed by atoms with Gasteiger partial charge in [-0.25, -0.2) is 0 Å². The lowest BCUT2D eigenvalue weighted by Crippen LogP contribution is -2.30. The van der Waals surface area contributed by atoms with Crippen molar-refractivity contribution in [1.29, 1.82) is 0 Å². The van der Waals surface area contributed by atoms with Gasteiger partial charge in [-0.15, -0.1) is 0 Å². The van der Waals surface area contributed by atoms with Crippen LogP contribution in [0.1, 0.15) is 36.1 Å². The van der Waals surface area contributed by atoms with Crippen molar-refractivity contribution >= 4 is 40.7 Å². The number of Topliss-reactive ketones (excluding diaryl/α,β-unsaturated/α-hetero) is 1. The zero-order chi connectivity index (χ0) is 19.7. The Morgan fingerprint density at radius 2 is 1.74 bits per heavy atom. The zero-order valence-electron chi connectivity index (χ0n) is 15.0. The van der Waals surface area contributed by atoms with Gasteiger partial charge in [0.25, 0.3) is 11.7 Å². The summed E-state index contributed by atoms with van der Waals surface area (Å²) in [7, 11) is 0. The first-order valence-electron chi connectivity index (χ1n) is 8.65. The number of aliphatic hydroxyl groups is 1. The van der Waals surface area contributed by atoms with Crippen LogP contribution in [-0.2, 0) is 9.59 Å². The number of amides is 1. The molecular weight excluding hydrogens is 385 g/mol. The van der Waals surface area contributed by atoms with Crippen molar-refractivity contribution in [2.45, 2.75) is 26.3 Å². The molecule has 0 bridgehead atoms. The molecule has 1 fully saturated rings. The predicted molar refractivity (Wildman–Crippen MR) is 107 cm³/mol. The Balaban J connectivity index is 2.20. The van der Waals surface area contributed by atoms with E-state index in [4.69, 9.17) is 23.2 Å². The molecule has 27 heavy (non-hydrogen) atoms. The number of rotatable bonds is 4. The number of nitrogens with zero attached hydrogens (tertiary/aromatic N) is 1. The zero-order valence-corrected chi connectivity index (χ0v) is 16.5. The van der Waals surface area contributed by atoms with Gasteiger partial charge in [0.1, 0.15) is 5.76 Å². The van der Waals surface area contributed by atoms with E-state index in [1.165, 1.54) is 4.90 Å². The average molecular weight is 404 g/mol. The molecular formula is C21H19Cl2NO3. The summed E-state index contributed by atoms with van der Waals surface area (Å²) < 4.78 is 0. The molecule has 1 N–H and O–H groups in total. The summed E-state index contributed by atoms with van der Waals surface area (Å²) in [6.45, 7) is 4.24. The Morgan fingerprint density at radius 3 is 2.33 bits per heavy atom. The number of aliphatic hydroxyl groups excluding tert-OH is 1. The third-order valence-electron chi connectivity index (χ3n) is 4.59. The van der Waals surface area contributed by atoms with Crippen LogP contribution in [0.5, 0.6) is 0 Å². The van der Waals surface area contributed by atoms with Crippen molar-refractivity contribution in [3.63, 3.8) is 0 Å². The van der Waals surface area contributed by atoms with Crippen molar-refractivity contribution in [1.82, 2.24) is 4.90 Å². The SMILES string of the molecule is CCCN1C(=O)C(=O)/C(=C(\O)c2ccc(C)cc2)C1c1ccc(Cl)c(Cl)c1. The number of likely N-dealkylation sites (tertiary alicyclic amines) is 1. The molecule has 0 saturated carbocycles. The van der Waals surface area contributed by atoms with E-state index in [1.54, 1.807) is 30.3 Å². The second-order valence-corrected chi connectivity index (χ2v) is 7.35. The molecule has 6 heteroatoms. The minimum Gasteiger partial charge on any atom is -0.507 e. The van der Waals surface area contributed by atoms with E-state index in [9.17, 15) is 14.7 Å². The second-order valence-electron chi connectivity index (χ2n) is 6.53. The van der Waals surface area contributed by atoms with Crippen LogP contribution in [0, 0.1) is 6.92 Å². The number of hydrogen-bond acceptors (Lipinski definition) is 3. The highest BCUT2D eigenvalue weighted by Crippen LogP contribution is 2.40. The quantitative estimate of drug-likeness (QED) is 0.437. The molecule has 0 aromatic heterocycles. The smallest absolute Gasteiger partial charge is 0.295 e. The fourth-order valence-corrected chi connectivity index (χ4v) is 3.55. The van der Waals surface area contributed by atoms with Gasteiger partial charge in [-0.05, 0) is 31.0 Å². The van der Waals surface area contributed by atoms with Gasteiger partial charge in [-0.1, -0.05) is 66.0 Å². The van der Waals surface area contributed by atoms with E-state index < -0.39 is 17.7 Å². The van der Waals surface area contributed by atoms with Gasteiger partial charge in [0.2, 0.25) is 0 Å². The van der Waals surface area contributed by atoms with Crippen LogP contribution in [0.4, 0.5) is 0 Å². The molecule has 140 valence electrons. The summed E-state index contributed by atoms with van der Waals surface area (Å²) in [4.78, 5) is 26.8.